The minimum atomic E-state index is -4.75. The second kappa shape index (κ2) is 8.22. The van der Waals surface area contributed by atoms with Crippen LogP contribution in [0.3, 0.4) is 0 Å². The number of fused-ring (bicyclic) bond motifs is 1. The summed E-state index contributed by atoms with van der Waals surface area (Å²) in [6, 6.07) is 12.8. The van der Waals surface area contributed by atoms with Gasteiger partial charge in [-0.25, -0.2) is 9.50 Å². The molecule has 0 aliphatic carbocycles. The number of anilines is 1. The Kier molecular flexibility index (Phi) is 5.72. The van der Waals surface area contributed by atoms with Crippen molar-refractivity contribution < 1.29 is 18.0 Å². The summed E-state index contributed by atoms with van der Waals surface area (Å²) in [6.07, 6.45) is -4.75. The van der Waals surface area contributed by atoms with Crippen LogP contribution in [0.25, 0.3) is 16.9 Å². The normalized spacial score (nSPS) is 11.7. The topological polar surface area (TPSA) is 59.3 Å². The van der Waals surface area contributed by atoms with Crippen LogP contribution in [-0.2, 0) is 6.18 Å². The third kappa shape index (κ3) is 4.22. The zero-order chi connectivity index (χ0) is 23.2. The molecule has 0 spiro atoms. The molecular weight excluding hydrogens is 509 g/mol. The Labute approximate surface area is 194 Å². The molecule has 0 bridgehead atoms. The number of aromatic nitrogens is 3. The van der Waals surface area contributed by atoms with Crippen LogP contribution < -0.4 is 5.32 Å². The SMILES string of the molecule is Cc1ccc(NC(=O)c2nn3c(C(F)(F)F)cc(-c4ccc(Br)cc4)nc3c2Cl)cc1C. The summed E-state index contributed by atoms with van der Waals surface area (Å²) in [7, 11) is 0. The quantitative estimate of drug-likeness (QED) is 0.325. The van der Waals surface area contributed by atoms with Gasteiger partial charge >= 0.3 is 6.18 Å². The number of nitrogens with zero attached hydrogens (tertiary/aromatic N) is 3. The molecule has 2 aromatic heterocycles. The van der Waals surface area contributed by atoms with E-state index in [1.165, 1.54) is 0 Å². The van der Waals surface area contributed by atoms with Gasteiger partial charge in [0.05, 0.1) is 5.69 Å². The number of hydrogen-bond donors (Lipinski definition) is 1. The lowest BCUT2D eigenvalue weighted by molar-refractivity contribution is -0.142. The predicted molar refractivity (Wildman–Crippen MR) is 120 cm³/mol. The smallest absolute Gasteiger partial charge is 0.321 e. The molecule has 0 aliphatic rings. The Hall–Kier alpha value is -2.91. The lowest BCUT2D eigenvalue weighted by Gasteiger charge is -2.11. The predicted octanol–water partition coefficient (Wildman–Crippen LogP) is 6.70. The van der Waals surface area contributed by atoms with Crippen molar-refractivity contribution in [2.75, 3.05) is 5.32 Å². The minimum Gasteiger partial charge on any atom is -0.321 e. The van der Waals surface area contributed by atoms with Gasteiger partial charge in [-0.15, -0.1) is 0 Å². The van der Waals surface area contributed by atoms with Crippen LogP contribution in [0.4, 0.5) is 18.9 Å². The number of halogens is 5. The summed E-state index contributed by atoms with van der Waals surface area (Å²) in [5, 5.41) is 6.20. The van der Waals surface area contributed by atoms with Crippen LogP contribution in [0.5, 0.6) is 0 Å². The molecule has 32 heavy (non-hydrogen) atoms. The van der Waals surface area contributed by atoms with Crippen LogP contribution in [0, 0.1) is 13.8 Å². The van der Waals surface area contributed by atoms with Gasteiger partial charge < -0.3 is 5.32 Å². The lowest BCUT2D eigenvalue weighted by atomic mass is 10.1. The van der Waals surface area contributed by atoms with E-state index < -0.39 is 17.8 Å². The molecule has 4 rings (SSSR count). The van der Waals surface area contributed by atoms with Gasteiger partial charge in [-0.05, 0) is 55.3 Å². The van der Waals surface area contributed by atoms with E-state index in [9.17, 15) is 18.0 Å². The first-order valence-corrected chi connectivity index (χ1v) is 10.5. The second-order valence-corrected chi connectivity index (χ2v) is 8.48. The monoisotopic (exact) mass is 522 g/mol. The highest BCUT2D eigenvalue weighted by molar-refractivity contribution is 9.10. The summed E-state index contributed by atoms with van der Waals surface area (Å²) in [5.74, 6) is -0.734. The molecular formula is C22H15BrClF3N4O. The highest BCUT2D eigenvalue weighted by atomic mass is 79.9. The first-order valence-electron chi connectivity index (χ1n) is 9.35. The van der Waals surface area contributed by atoms with Crippen LogP contribution in [0.15, 0.2) is 53.0 Å². The molecule has 1 N–H and O–H groups in total. The summed E-state index contributed by atoms with van der Waals surface area (Å²) in [5.41, 5.74) is 1.27. The van der Waals surface area contributed by atoms with Gasteiger partial charge in [0.15, 0.2) is 17.0 Å². The number of aryl methyl sites for hydroxylation is 2. The van der Waals surface area contributed by atoms with E-state index in [1.54, 1.807) is 36.4 Å². The van der Waals surface area contributed by atoms with E-state index in [0.717, 1.165) is 21.7 Å². The highest BCUT2D eigenvalue weighted by Crippen LogP contribution is 2.35. The summed E-state index contributed by atoms with van der Waals surface area (Å²) >= 11 is 9.59. The van der Waals surface area contributed by atoms with Gasteiger partial charge in [-0.2, -0.15) is 18.3 Å². The fourth-order valence-corrected chi connectivity index (χ4v) is 3.63. The second-order valence-electron chi connectivity index (χ2n) is 7.18. The number of nitrogens with one attached hydrogen (secondary N) is 1. The van der Waals surface area contributed by atoms with Crippen molar-refractivity contribution in [2.45, 2.75) is 20.0 Å². The molecule has 0 saturated carbocycles. The number of hydrogen-bond acceptors (Lipinski definition) is 3. The maximum absolute atomic E-state index is 13.8. The number of alkyl halides is 3. The molecule has 2 aromatic carbocycles. The van der Waals surface area contributed by atoms with Gasteiger partial charge in [0.1, 0.15) is 5.02 Å². The van der Waals surface area contributed by atoms with Crippen molar-refractivity contribution >= 4 is 44.8 Å². The summed E-state index contributed by atoms with van der Waals surface area (Å²) in [6.45, 7) is 3.80. The molecule has 2 heterocycles. The lowest BCUT2D eigenvalue weighted by Crippen LogP contribution is -2.16. The first-order chi connectivity index (χ1) is 15.0. The van der Waals surface area contributed by atoms with Crippen molar-refractivity contribution in [3.05, 3.63) is 80.5 Å². The number of carbonyl (C=O) groups is 1. The van der Waals surface area contributed by atoms with E-state index in [1.807, 2.05) is 19.9 Å². The number of rotatable bonds is 3. The molecule has 0 atom stereocenters. The highest BCUT2D eigenvalue weighted by Gasteiger charge is 2.36. The molecule has 0 fully saturated rings. The third-order valence-electron chi connectivity index (χ3n) is 4.94. The standard InChI is InChI=1S/C22H15BrClF3N4O/c1-11-3-8-15(9-12(11)2)28-21(32)19-18(24)20-29-16(13-4-6-14(23)7-5-13)10-17(22(25,26)27)31(20)30-19/h3-10H,1-2H3,(H,28,32). The van der Waals surface area contributed by atoms with Crippen molar-refractivity contribution in [3.8, 4) is 11.3 Å². The average molecular weight is 524 g/mol. The summed E-state index contributed by atoms with van der Waals surface area (Å²) in [4.78, 5) is 17.0. The summed E-state index contributed by atoms with van der Waals surface area (Å²) < 4.78 is 42.8. The maximum atomic E-state index is 13.8. The van der Waals surface area contributed by atoms with Crippen LogP contribution in [0.1, 0.15) is 27.3 Å². The van der Waals surface area contributed by atoms with Crippen molar-refractivity contribution in [1.29, 1.82) is 0 Å². The van der Waals surface area contributed by atoms with E-state index in [4.69, 9.17) is 11.6 Å². The molecule has 4 aromatic rings. The number of amides is 1. The van der Waals surface area contributed by atoms with E-state index in [0.29, 0.717) is 15.8 Å². The molecule has 0 aliphatic heterocycles. The first kappa shape index (κ1) is 22.3. The fourth-order valence-electron chi connectivity index (χ4n) is 3.12. The van der Waals surface area contributed by atoms with Gasteiger partial charge in [0.2, 0.25) is 0 Å². The molecule has 164 valence electrons. The molecule has 0 saturated heterocycles. The van der Waals surface area contributed by atoms with E-state index in [2.05, 4.69) is 31.3 Å². The van der Waals surface area contributed by atoms with Gasteiger partial charge in [-0.3, -0.25) is 4.79 Å². The largest absolute Gasteiger partial charge is 0.433 e. The molecule has 1 amide bonds. The van der Waals surface area contributed by atoms with E-state index >= 15 is 0 Å². The molecule has 5 nitrogen and oxygen atoms in total. The fraction of sp³-hybridized carbons (Fsp3) is 0.136. The Bertz CT molecular complexity index is 1350. The number of carbonyl (C=O) groups excluding carboxylic acids is 1. The van der Waals surface area contributed by atoms with E-state index in [-0.39, 0.29) is 22.1 Å². The zero-order valence-electron chi connectivity index (χ0n) is 16.8. The Morgan fingerprint density at radius 3 is 2.38 bits per heavy atom. The number of benzene rings is 2. The van der Waals surface area contributed by atoms with Gasteiger partial charge in [0, 0.05) is 15.7 Å². The van der Waals surface area contributed by atoms with Crippen LogP contribution in [-0.4, -0.2) is 20.5 Å². The van der Waals surface area contributed by atoms with Crippen molar-refractivity contribution in [3.63, 3.8) is 0 Å². The van der Waals surface area contributed by atoms with Gasteiger partial charge in [-0.1, -0.05) is 45.7 Å². The van der Waals surface area contributed by atoms with Crippen LogP contribution in [0.2, 0.25) is 5.02 Å². The Morgan fingerprint density at radius 1 is 1.06 bits per heavy atom. The maximum Gasteiger partial charge on any atom is 0.433 e. The van der Waals surface area contributed by atoms with Crippen molar-refractivity contribution in [1.82, 2.24) is 14.6 Å². The molecule has 10 heteroatoms. The third-order valence-corrected chi connectivity index (χ3v) is 5.82. The van der Waals surface area contributed by atoms with Crippen molar-refractivity contribution in [2.24, 2.45) is 0 Å². The van der Waals surface area contributed by atoms with Gasteiger partial charge in [0.25, 0.3) is 5.91 Å². The molecule has 0 unspecified atom stereocenters. The average Bonchev–Trinajstić information content (AvgIpc) is 3.06. The Balaban J connectivity index is 1.83. The zero-order valence-corrected chi connectivity index (χ0v) is 19.1. The molecule has 0 radical (unpaired) electrons. The Morgan fingerprint density at radius 2 is 1.75 bits per heavy atom. The minimum absolute atomic E-state index is 0.0558. The van der Waals surface area contributed by atoms with Crippen LogP contribution >= 0.6 is 27.5 Å².